The molecule has 2 nitrogen and oxygen atoms in total. The number of amides is 1. The molecule has 1 aromatic rings. The van der Waals surface area contributed by atoms with Crippen molar-refractivity contribution in [3.05, 3.63) is 34.3 Å². The molecule has 2 rings (SSSR count). The minimum atomic E-state index is -4.75. The van der Waals surface area contributed by atoms with Crippen molar-refractivity contribution in [2.75, 3.05) is 13.1 Å². The second-order valence-corrected chi connectivity index (χ2v) is 5.22. The minimum Gasteiger partial charge on any atom is -0.334 e. The molecule has 1 amide bonds. The molecule has 1 aliphatic heterocycles. The molecule has 0 atom stereocenters. The van der Waals surface area contributed by atoms with Crippen molar-refractivity contribution in [2.24, 2.45) is 5.92 Å². The van der Waals surface area contributed by atoms with Gasteiger partial charge in [-0.3, -0.25) is 4.79 Å². The molecule has 1 fully saturated rings. The first-order valence-electron chi connectivity index (χ1n) is 5.47. The molecular weight excluding hydrogens is 311 g/mol. The van der Waals surface area contributed by atoms with Gasteiger partial charge in [0.2, 0.25) is 0 Å². The quantitative estimate of drug-likeness (QED) is 0.820. The van der Waals surface area contributed by atoms with Gasteiger partial charge in [-0.05, 0) is 24.0 Å². The number of hydrogen-bond donors (Lipinski definition) is 0. The lowest BCUT2D eigenvalue weighted by Crippen LogP contribution is -2.54. The van der Waals surface area contributed by atoms with Crippen LogP contribution < -0.4 is 0 Å². The van der Waals surface area contributed by atoms with Crippen LogP contribution in [0, 0.1) is 5.92 Å². The van der Waals surface area contributed by atoms with Crippen LogP contribution in [-0.4, -0.2) is 30.1 Å². The highest BCUT2D eigenvalue weighted by Crippen LogP contribution is 2.28. The first-order chi connectivity index (χ1) is 8.38. The molecule has 0 aliphatic carbocycles. The van der Waals surface area contributed by atoms with E-state index in [0.29, 0.717) is 6.42 Å². The predicted octanol–water partition coefficient (Wildman–Crippen LogP) is 3.01. The van der Waals surface area contributed by atoms with Crippen LogP contribution in [0.2, 0.25) is 0 Å². The summed E-state index contributed by atoms with van der Waals surface area (Å²) in [6, 6.07) is 7.59. The average Bonchev–Trinajstić information content (AvgIpc) is 2.23. The zero-order valence-corrected chi connectivity index (χ0v) is 11.0. The molecule has 0 unspecified atom stereocenters. The number of benzene rings is 1. The molecule has 0 N–H and O–H groups in total. The molecule has 6 heteroatoms. The van der Waals surface area contributed by atoms with Gasteiger partial charge in [0.25, 0.3) is 0 Å². The molecule has 1 aliphatic rings. The molecule has 98 valence electrons. The third kappa shape index (κ3) is 2.85. The van der Waals surface area contributed by atoms with E-state index in [0.717, 1.165) is 14.9 Å². The van der Waals surface area contributed by atoms with E-state index < -0.39 is 12.1 Å². The van der Waals surface area contributed by atoms with Gasteiger partial charge in [-0.15, -0.1) is 0 Å². The summed E-state index contributed by atoms with van der Waals surface area (Å²) in [7, 11) is 0. The lowest BCUT2D eigenvalue weighted by molar-refractivity contribution is -0.191. The Kier molecular flexibility index (Phi) is 3.66. The highest BCUT2D eigenvalue weighted by atomic mass is 79.9. The number of carbonyl (C=O) groups is 1. The molecule has 18 heavy (non-hydrogen) atoms. The van der Waals surface area contributed by atoms with Crippen molar-refractivity contribution in [3.8, 4) is 0 Å². The van der Waals surface area contributed by atoms with E-state index in [1.54, 1.807) is 0 Å². The van der Waals surface area contributed by atoms with Crippen LogP contribution in [0.5, 0.6) is 0 Å². The van der Waals surface area contributed by atoms with E-state index in [9.17, 15) is 18.0 Å². The van der Waals surface area contributed by atoms with Gasteiger partial charge in [0.1, 0.15) is 0 Å². The molecule has 0 saturated carbocycles. The molecule has 1 heterocycles. The molecule has 0 radical (unpaired) electrons. The number of rotatable bonds is 2. The third-order valence-electron chi connectivity index (χ3n) is 2.95. The lowest BCUT2D eigenvalue weighted by atomic mass is 9.92. The van der Waals surface area contributed by atoms with Crippen LogP contribution in [0.4, 0.5) is 13.2 Å². The summed E-state index contributed by atoms with van der Waals surface area (Å²) >= 11 is 3.39. The van der Waals surface area contributed by atoms with Gasteiger partial charge in [0.05, 0.1) is 0 Å². The maximum atomic E-state index is 12.1. The summed E-state index contributed by atoms with van der Waals surface area (Å²) in [5.74, 6) is -1.62. The van der Waals surface area contributed by atoms with Crippen LogP contribution in [0.15, 0.2) is 28.7 Å². The summed E-state index contributed by atoms with van der Waals surface area (Å²) in [4.78, 5) is 11.8. The highest BCUT2D eigenvalue weighted by molar-refractivity contribution is 9.10. The predicted molar refractivity (Wildman–Crippen MR) is 64.0 cm³/mol. The summed E-state index contributed by atoms with van der Waals surface area (Å²) in [5, 5.41) is 0. The number of carbonyl (C=O) groups excluding carboxylic acids is 1. The fraction of sp³-hybridized carbons (Fsp3) is 0.417. The van der Waals surface area contributed by atoms with E-state index >= 15 is 0 Å². The van der Waals surface area contributed by atoms with Gasteiger partial charge in [-0.1, -0.05) is 34.1 Å². The number of likely N-dealkylation sites (tertiary alicyclic amines) is 1. The van der Waals surface area contributed by atoms with Crippen molar-refractivity contribution < 1.29 is 18.0 Å². The van der Waals surface area contributed by atoms with Gasteiger partial charge in [-0.2, -0.15) is 13.2 Å². The van der Waals surface area contributed by atoms with Crippen molar-refractivity contribution in [1.82, 2.24) is 4.90 Å². The molecule has 0 spiro atoms. The standard InChI is InChI=1S/C12H11BrF3NO/c13-10-4-2-1-3-9(10)5-8-6-17(7-8)11(18)12(14,15)16/h1-4,8H,5-7H2. The molecule has 0 bridgehead atoms. The second-order valence-electron chi connectivity index (χ2n) is 4.37. The van der Waals surface area contributed by atoms with Crippen LogP contribution in [0.25, 0.3) is 0 Å². The van der Waals surface area contributed by atoms with Gasteiger partial charge >= 0.3 is 12.1 Å². The normalized spacial score (nSPS) is 16.6. The van der Waals surface area contributed by atoms with E-state index in [1.807, 2.05) is 24.3 Å². The Labute approximate surface area is 111 Å². The maximum absolute atomic E-state index is 12.1. The Bertz CT molecular complexity index is 455. The zero-order chi connectivity index (χ0) is 13.3. The van der Waals surface area contributed by atoms with E-state index in [1.165, 1.54) is 0 Å². The van der Waals surface area contributed by atoms with Gasteiger partial charge in [0.15, 0.2) is 0 Å². The smallest absolute Gasteiger partial charge is 0.334 e. The monoisotopic (exact) mass is 321 g/mol. The third-order valence-corrected chi connectivity index (χ3v) is 3.73. The molecular formula is C12H11BrF3NO. The highest BCUT2D eigenvalue weighted by Gasteiger charge is 2.46. The maximum Gasteiger partial charge on any atom is 0.471 e. The Morgan fingerprint density at radius 3 is 2.50 bits per heavy atom. The van der Waals surface area contributed by atoms with Gasteiger partial charge in [0, 0.05) is 17.6 Å². The summed E-state index contributed by atoms with van der Waals surface area (Å²) in [6.45, 7) is 0.360. The molecule has 1 aromatic carbocycles. The largest absolute Gasteiger partial charge is 0.471 e. The van der Waals surface area contributed by atoms with Crippen LogP contribution in [-0.2, 0) is 11.2 Å². The fourth-order valence-corrected chi connectivity index (χ4v) is 2.47. The van der Waals surface area contributed by atoms with Crippen molar-refractivity contribution in [3.63, 3.8) is 0 Å². The number of halogens is 4. The Hall–Kier alpha value is -1.04. The van der Waals surface area contributed by atoms with Crippen molar-refractivity contribution >= 4 is 21.8 Å². The fourth-order valence-electron chi connectivity index (χ4n) is 2.02. The SMILES string of the molecule is O=C(N1CC(Cc2ccccc2Br)C1)C(F)(F)F. The van der Waals surface area contributed by atoms with Crippen LogP contribution >= 0.6 is 15.9 Å². The number of hydrogen-bond acceptors (Lipinski definition) is 1. The zero-order valence-electron chi connectivity index (χ0n) is 9.38. The average molecular weight is 322 g/mol. The first-order valence-corrected chi connectivity index (χ1v) is 6.26. The summed E-state index contributed by atoms with van der Waals surface area (Å²) < 4.78 is 37.4. The number of alkyl halides is 3. The van der Waals surface area contributed by atoms with Crippen LogP contribution in [0.3, 0.4) is 0 Å². The van der Waals surface area contributed by atoms with Crippen LogP contribution in [0.1, 0.15) is 5.56 Å². The van der Waals surface area contributed by atoms with Crippen molar-refractivity contribution in [1.29, 1.82) is 0 Å². The van der Waals surface area contributed by atoms with E-state index in [-0.39, 0.29) is 19.0 Å². The van der Waals surface area contributed by atoms with E-state index in [4.69, 9.17) is 0 Å². The Balaban J connectivity index is 1.88. The van der Waals surface area contributed by atoms with E-state index in [2.05, 4.69) is 15.9 Å². The summed E-state index contributed by atoms with van der Waals surface area (Å²) in [6.07, 6.45) is -4.07. The Morgan fingerprint density at radius 1 is 1.33 bits per heavy atom. The number of nitrogens with zero attached hydrogens (tertiary/aromatic N) is 1. The second kappa shape index (κ2) is 4.91. The summed E-state index contributed by atoms with van der Waals surface area (Å²) in [5.41, 5.74) is 1.06. The topological polar surface area (TPSA) is 20.3 Å². The first kappa shape index (κ1) is 13.4. The molecule has 0 aromatic heterocycles. The van der Waals surface area contributed by atoms with Gasteiger partial charge in [-0.25, -0.2) is 0 Å². The lowest BCUT2D eigenvalue weighted by Gasteiger charge is -2.39. The molecule has 1 saturated heterocycles. The Morgan fingerprint density at radius 2 is 1.94 bits per heavy atom. The van der Waals surface area contributed by atoms with Gasteiger partial charge < -0.3 is 4.90 Å². The van der Waals surface area contributed by atoms with Crippen molar-refractivity contribution in [2.45, 2.75) is 12.6 Å². The minimum absolute atomic E-state index is 0.106.